The number of carbonyl (C=O) groups is 3. The number of nitrogens with one attached hydrogen (secondary N) is 1. The van der Waals surface area contributed by atoms with Gasteiger partial charge in [0.25, 0.3) is 0 Å². The van der Waals surface area contributed by atoms with Crippen LogP contribution in [0.25, 0.3) is 0 Å². The third-order valence-electron chi connectivity index (χ3n) is 6.07. The number of methoxy groups -OCH3 is 1. The van der Waals surface area contributed by atoms with Crippen molar-refractivity contribution < 1.29 is 19.1 Å². The highest BCUT2D eigenvalue weighted by Crippen LogP contribution is 2.35. The number of amides is 4. The number of hydrogen-bond donors (Lipinski definition) is 1. The molecule has 4 amide bonds. The van der Waals surface area contributed by atoms with E-state index in [1.165, 1.54) is 4.90 Å². The minimum absolute atomic E-state index is 0.101. The van der Waals surface area contributed by atoms with E-state index < -0.39 is 6.03 Å². The number of nitrogens with zero attached hydrogens (tertiary/aromatic N) is 2. The summed E-state index contributed by atoms with van der Waals surface area (Å²) in [5.74, 6) is -0.136. The molecule has 2 aliphatic rings. The number of anilines is 1. The van der Waals surface area contributed by atoms with E-state index in [1.807, 2.05) is 42.5 Å². The standard InChI is InChI=1S/C24H27N3O4/c1-31-21-14-8-6-12-19(21)25-22(28)16-26-20-13-7-5-11-18(20)23(29)27(24(26)30)15-17-9-3-2-4-10-17/h2-4,6,8-10,12,14,18,20H,5,7,11,13,15-16H2,1H3,(H,25,28). The van der Waals surface area contributed by atoms with Crippen LogP contribution in [0.5, 0.6) is 5.75 Å². The number of ether oxygens (including phenoxy) is 1. The molecule has 1 aliphatic carbocycles. The highest BCUT2D eigenvalue weighted by atomic mass is 16.5. The molecule has 162 valence electrons. The average Bonchev–Trinajstić information content (AvgIpc) is 2.80. The summed E-state index contributed by atoms with van der Waals surface area (Å²) >= 11 is 0. The Hall–Kier alpha value is -3.35. The third kappa shape index (κ3) is 4.40. The largest absolute Gasteiger partial charge is 0.495 e. The predicted octanol–water partition coefficient (Wildman–Crippen LogP) is 3.66. The van der Waals surface area contributed by atoms with Crippen molar-refractivity contribution in [2.45, 2.75) is 38.3 Å². The van der Waals surface area contributed by atoms with Crippen molar-refractivity contribution in [2.24, 2.45) is 5.92 Å². The molecule has 1 saturated heterocycles. The van der Waals surface area contributed by atoms with Gasteiger partial charge in [-0.05, 0) is 30.5 Å². The molecule has 4 rings (SSSR count). The Labute approximate surface area is 182 Å². The first-order valence-corrected chi connectivity index (χ1v) is 10.7. The van der Waals surface area contributed by atoms with Gasteiger partial charge in [-0.2, -0.15) is 0 Å². The minimum Gasteiger partial charge on any atom is -0.495 e. The molecule has 1 saturated carbocycles. The van der Waals surface area contributed by atoms with Crippen molar-refractivity contribution in [1.82, 2.24) is 9.80 Å². The van der Waals surface area contributed by atoms with Crippen LogP contribution in [0.15, 0.2) is 54.6 Å². The van der Waals surface area contributed by atoms with Gasteiger partial charge >= 0.3 is 6.03 Å². The van der Waals surface area contributed by atoms with Crippen LogP contribution in [0, 0.1) is 5.92 Å². The van der Waals surface area contributed by atoms with Crippen LogP contribution in [0.4, 0.5) is 10.5 Å². The summed E-state index contributed by atoms with van der Waals surface area (Å²) in [6.07, 6.45) is 3.39. The van der Waals surface area contributed by atoms with Crippen LogP contribution >= 0.6 is 0 Å². The first-order valence-electron chi connectivity index (χ1n) is 10.7. The fourth-order valence-corrected chi connectivity index (χ4v) is 4.55. The molecule has 31 heavy (non-hydrogen) atoms. The molecule has 1 heterocycles. The normalized spacial score (nSPS) is 20.9. The number of imide groups is 1. The molecule has 7 heteroatoms. The lowest BCUT2D eigenvalue weighted by atomic mass is 9.81. The fraction of sp³-hybridized carbons (Fsp3) is 0.375. The molecule has 0 bridgehead atoms. The first kappa shape index (κ1) is 20.9. The van der Waals surface area contributed by atoms with E-state index >= 15 is 0 Å². The molecule has 0 radical (unpaired) electrons. The minimum atomic E-state index is -0.396. The molecule has 2 unspecified atom stereocenters. The number of urea groups is 1. The molecule has 2 fully saturated rings. The molecule has 2 atom stereocenters. The Morgan fingerprint density at radius 2 is 1.74 bits per heavy atom. The zero-order chi connectivity index (χ0) is 21.8. The zero-order valence-electron chi connectivity index (χ0n) is 17.6. The molecule has 1 aliphatic heterocycles. The summed E-state index contributed by atoms with van der Waals surface area (Å²) in [5, 5.41) is 2.84. The van der Waals surface area contributed by atoms with Gasteiger partial charge in [0, 0.05) is 6.04 Å². The van der Waals surface area contributed by atoms with E-state index in [2.05, 4.69) is 5.32 Å². The van der Waals surface area contributed by atoms with Crippen LogP contribution in [-0.4, -0.2) is 47.3 Å². The lowest BCUT2D eigenvalue weighted by Gasteiger charge is -2.46. The summed E-state index contributed by atoms with van der Waals surface area (Å²) in [5.41, 5.74) is 1.44. The molecule has 2 aromatic rings. The second-order valence-corrected chi connectivity index (χ2v) is 8.03. The molecule has 1 N–H and O–H groups in total. The quantitative estimate of drug-likeness (QED) is 0.772. The summed E-state index contributed by atoms with van der Waals surface area (Å²) in [6.45, 7) is 0.114. The summed E-state index contributed by atoms with van der Waals surface area (Å²) < 4.78 is 5.29. The van der Waals surface area contributed by atoms with E-state index in [1.54, 1.807) is 24.1 Å². The smallest absolute Gasteiger partial charge is 0.327 e. The number of para-hydroxylation sites is 2. The summed E-state index contributed by atoms with van der Waals surface area (Å²) in [6, 6.07) is 16.0. The van der Waals surface area contributed by atoms with Crippen LogP contribution < -0.4 is 10.1 Å². The van der Waals surface area contributed by atoms with Gasteiger partial charge in [-0.1, -0.05) is 55.3 Å². The monoisotopic (exact) mass is 421 g/mol. The molecule has 7 nitrogen and oxygen atoms in total. The number of carbonyl (C=O) groups excluding carboxylic acids is 3. The van der Waals surface area contributed by atoms with E-state index in [0.29, 0.717) is 11.4 Å². The second-order valence-electron chi connectivity index (χ2n) is 8.03. The number of rotatable bonds is 6. The fourth-order valence-electron chi connectivity index (χ4n) is 4.55. The Kier molecular flexibility index (Phi) is 6.21. The van der Waals surface area contributed by atoms with Crippen molar-refractivity contribution >= 4 is 23.5 Å². The van der Waals surface area contributed by atoms with Gasteiger partial charge < -0.3 is 15.0 Å². The van der Waals surface area contributed by atoms with Crippen LogP contribution in [0.2, 0.25) is 0 Å². The maximum absolute atomic E-state index is 13.3. The Balaban J connectivity index is 1.54. The topological polar surface area (TPSA) is 79.0 Å². The van der Waals surface area contributed by atoms with Gasteiger partial charge in [0.15, 0.2) is 0 Å². The van der Waals surface area contributed by atoms with Crippen LogP contribution in [0.1, 0.15) is 31.2 Å². The van der Waals surface area contributed by atoms with E-state index in [4.69, 9.17) is 4.74 Å². The average molecular weight is 421 g/mol. The molecular formula is C24H27N3O4. The van der Waals surface area contributed by atoms with E-state index in [-0.39, 0.29) is 36.9 Å². The number of fused-ring (bicyclic) bond motifs is 1. The predicted molar refractivity (Wildman–Crippen MR) is 116 cm³/mol. The Bertz CT molecular complexity index is 962. The van der Waals surface area contributed by atoms with Gasteiger partial charge in [0.05, 0.1) is 25.3 Å². The van der Waals surface area contributed by atoms with Gasteiger partial charge in [0.1, 0.15) is 12.3 Å². The van der Waals surface area contributed by atoms with Gasteiger partial charge in [0.2, 0.25) is 11.8 Å². The number of benzene rings is 2. The third-order valence-corrected chi connectivity index (χ3v) is 6.07. The van der Waals surface area contributed by atoms with Gasteiger partial charge in [-0.15, -0.1) is 0 Å². The van der Waals surface area contributed by atoms with Crippen molar-refractivity contribution in [3.63, 3.8) is 0 Å². The highest BCUT2D eigenvalue weighted by molar-refractivity contribution is 6.01. The first-order chi connectivity index (χ1) is 15.1. The lowest BCUT2D eigenvalue weighted by Crippen LogP contribution is -2.63. The summed E-state index contributed by atoms with van der Waals surface area (Å²) in [4.78, 5) is 42.2. The van der Waals surface area contributed by atoms with Crippen LogP contribution in [0.3, 0.4) is 0 Å². The van der Waals surface area contributed by atoms with Gasteiger partial charge in [-0.3, -0.25) is 14.5 Å². The Morgan fingerprint density at radius 3 is 2.52 bits per heavy atom. The highest BCUT2D eigenvalue weighted by Gasteiger charge is 2.47. The van der Waals surface area contributed by atoms with Crippen LogP contribution in [-0.2, 0) is 16.1 Å². The maximum Gasteiger partial charge on any atom is 0.327 e. The van der Waals surface area contributed by atoms with Crippen molar-refractivity contribution in [2.75, 3.05) is 19.0 Å². The SMILES string of the molecule is COc1ccccc1NC(=O)CN1C(=O)N(Cc2ccccc2)C(=O)C2CCCCC21. The van der Waals surface area contributed by atoms with Crippen molar-refractivity contribution in [1.29, 1.82) is 0 Å². The van der Waals surface area contributed by atoms with E-state index in [9.17, 15) is 14.4 Å². The second kappa shape index (κ2) is 9.20. The number of hydrogen-bond acceptors (Lipinski definition) is 4. The molecule has 0 aromatic heterocycles. The summed E-state index contributed by atoms with van der Waals surface area (Å²) in [7, 11) is 1.54. The van der Waals surface area contributed by atoms with Gasteiger partial charge in [-0.25, -0.2) is 4.79 Å². The molecular weight excluding hydrogens is 394 g/mol. The van der Waals surface area contributed by atoms with Crippen molar-refractivity contribution in [3.8, 4) is 5.75 Å². The van der Waals surface area contributed by atoms with E-state index in [0.717, 1.165) is 31.2 Å². The zero-order valence-corrected chi connectivity index (χ0v) is 17.6. The lowest BCUT2D eigenvalue weighted by molar-refractivity contribution is -0.142. The van der Waals surface area contributed by atoms with Crippen molar-refractivity contribution in [3.05, 3.63) is 60.2 Å². The Morgan fingerprint density at radius 1 is 1.03 bits per heavy atom. The molecule has 2 aromatic carbocycles. The maximum atomic E-state index is 13.3. The molecule has 0 spiro atoms.